The highest BCUT2D eigenvalue weighted by Gasteiger charge is 2.20. The summed E-state index contributed by atoms with van der Waals surface area (Å²) in [4.78, 5) is 22.3. The molecule has 0 aromatic heterocycles. The smallest absolute Gasteiger partial charge is 0.303 e. The third kappa shape index (κ3) is 9.78. The van der Waals surface area contributed by atoms with Crippen molar-refractivity contribution in [3.8, 4) is 0 Å². The molecule has 0 aromatic carbocycles. The highest BCUT2D eigenvalue weighted by atomic mass is 16.4. The summed E-state index contributed by atoms with van der Waals surface area (Å²) >= 11 is 0. The number of hydrogen-bond acceptors (Lipinski definition) is 3. The Kier molecular flexibility index (Phi) is 8.46. The van der Waals surface area contributed by atoms with E-state index in [2.05, 4.69) is 38.3 Å². The second-order valence-electron chi connectivity index (χ2n) is 6.62. The first kappa shape index (κ1) is 18.9. The zero-order chi connectivity index (χ0) is 15.8. The van der Waals surface area contributed by atoms with Crippen LogP contribution in [0, 0.1) is 11.3 Å². The fourth-order valence-corrected chi connectivity index (χ4v) is 1.75. The molecule has 1 unspecified atom stereocenters. The van der Waals surface area contributed by atoms with Gasteiger partial charge in [0.15, 0.2) is 0 Å². The minimum Gasteiger partial charge on any atom is -0.481 e. The Hall–Kier alpha value is -1.10. The van der Waals surface area contributed by atoms with Crippen LogP contribution in [0.25, 0.3) is 0 Å². The maximum absolute atomic E-state index is 11.8. The molecule has 20 heavy (non-hydrogen) atoms. The van der Waals surface area contributed by atoms with Gasteiger partial charge in [0.2, 0.25) is 5.91 Å². The van der Waals surface area contributed by atoms with Crippen molar-refractivity contribution in [2.75, 3.05) is 13.1 Å². The molecule has 0 spiro atoms. The van der Waals surface area contributed by atoms with Gasteiger partial charge in [-0.2, -0.15) is 0 Å². The Balaban J connectivity index is 3.91. The molecule has 0 aliphatic rings. The van der Waals surface area contributed by atoms with Crippen LogP contribution in [0.5, 0.6) is 0 Å². The molecule has 0 saturated carbocycles. The third-order valence-electron chi connectivity index (χ3n) is 3.35. The molecule has 0 aliphatic carbocycles. The van der Waals surface area contributed by atoms with Crippen molar-refractivity contribution in [1.29, 1.82) is 0 Å². The van der Waals surface area contributed by atoms with E-state index >= 15 is 0 Å². The molecule has 0 saturated heterocycles. The number of aliphatic carboxylic acids is 1. The minimum atomic E-state index is -0.757. The predicted octanol–water partition coefficient (Wildman–Crippen LogP) is 2.02. The Morgan fingerprint density at radius 3 is 2.25 bits per heavy atom. The first-order valence-corrected chi connectivity index (χ1v) is 7.37. The van der Waals surface area contributed by atoms with Gasteiger partial charge in [-0.15, -0.1) is 0 Å². The Labute approximate surface area is 122 Å². The van der Waals surface area contributed by atoms with E-state index in [1.54, 1.807) is 0 Å². The number of carboxylic acid groups (broad SMARTS) is 1. The number of carbonyl (C=O) groups is 2. The van der Waals surface area contributed by atoms with Crippen molar-refractivity contribution in [1.82, 2.24) is 10.6 Å². The van der Waals surface area contributed by atoms with Crippen LogP contribution in [0.1, 0.15) is 53.9 Å². The van der Waals surface area contributed by atoms with Crippen LogP contribution in [0.2, 0.25) is 0 Å². The normalized spacial score (nSPS) is 13.3. The quantitative estimate of drug-likeness (QED) is 0.574. The number of carbonyl (C=O) groups excluding carboxylic acids is 1. The van der Waals surface area contributed by atoms with Crippen molar-refractivity contribution >= 4 is 11.9 Å². The van der Waals surface area contributed by atoms with Crippen LogP contribution in [-0.4, -0.2) is 36.1 Å². The van der Waals surface area contributed by atoms with Crippen LogP contribution < -0.4 is 10.6 Å². The molecular weight excluding hydrogens is 256 g/mol. The Bertz CT molecular complexity index is 314. The number of amides is 1. The number of nitrogens with one attached hydrogen (secondary N) is 2. The molecule has 118 valence electrons. The van der Waals surface area contributed by atoms with Gasteiger partial charge >= 0.3 is 5.97 Å². The van der Waals surface area contributed by atoms with Crippen molar-refractivity contribution < 1.29 is 14.7 Å². The van der Waals surface area contributed by atoms with Gasteiger partial charge in [-0.05, 0) is 37.6 Å². The monoisotopic (exact) mass is 286 g/mol. The summed E-state index contributed by atoms with van der Waals surface area (Å²) in [5, 5.41) is 14.8. The summed E-state index contributed by atoms with van der Waals surface area (Å²) in [5.74, 6) is -0.296. The summed E-state index contributed by atoms with van der Waals surface area (Å²) in [6.45, 7) is 11.5. The van der Waals surface area contributed by atoms with Crippen molar-refractivity contribution in [2.24, 2.45) is 11.3 Å². The molecule has 0 radical (unpaired) electrons. The summed E-state index contributed by atoms with van der Waals surface area (Å²) < 4.78 is 0. The van der Waals surface area contributed by atoms with E-state index in [9.17, 15) is 9.59 Å². The van der Waals surface area contributed by atoms with Crippen LogP contribution >= 0.6 is 0 Å². The van der Waals surface area contributed by atoms with Gasteiger partial charge in [0.1, 0.15) is 0 Å². The number of rotatable bonds is 10. The summed E-state index contributed by atoms with van der Waals surface area (Å²) in [6.07, 6.45) is 1.69. The van der Waals surface area contributed by atoms with E-state index in [-0.39, 0.29) is 23.8 Å². The van der Waals surface area contributed by atoms with E-state index in [0.29, 0.717) is 25.4 Å². The zero-order valence-corrected chi connectivity index (χ0v) is 13.5. The molecule has 0 aliphatic heterocycles. The Morgan fingerprint density at radius 2 is 1.75 bits per heavy atom. The number of carboxylic acids is 1. The minimum absolute atomic E-state index is 0.0158. The van der Waals surface area contributed by atoms with E-state index in [0.717, 1.165) is 6.42 Å². The van der Waals surface area contributed by atoms with E-state index in [4.69, 9.17) is 5.11 Å². The molecular formula is C15H30N2O3. The largest absolute Gasteiger partial charge is 0.481 e. The fraction of sp³-hybridized carbons (Fsp3) is 0.867. The van der Waals surface area contributed by atoms with Crippen LogP contribution in [0.3, 0.4) is 0 Å². The standard InChI is InChI=1S/C15H30N2O3/c1-11(2)10-17-14(20)12(3)16-9-8-15(4,5)7-6-13(18)19/h11-12,16H,6-10H2,1-5H3,(H,17,20)(H,18,19). The lowest BCUT2D eigenvalue weighted by molar-refractivity contribution is -0.137. The fourth-order valence-electron chi connectivity index (χ4n) is 1.75. The Morgan fingerprint density at radius 1 is 1.15 bits per heavy atom. The maximum Gasteiger partial charge on any atom is 0.303 e. The van der Waals surface area contributed by atoms with Crippen molar-refractivity contribution in [3.05, 3.63) is 0 Å². The van der Waals surface area contributed by atoms with Crippen molar-refractivity contribution in [3.63, 3.8) is 0 Å². The summed E-state index contributed by atoms with van der Waals surface area (Å²) in [6, 6.07) is -0.218. The second kappa shape index (κ2) is 8.95. The molecule has 1 amide bonds. The molecule has 0 bridgehead atoms. The first-order chi connectivity index (χ1) is 9.14. The average Bonchev–Trinajstić information content (AvgIpc) is 2.33. The third-order valence-corrected chi connectivity index (χ3v) is 3.35. The zero-order valence-electron chi connectivity index (χ0n) is 13.5. The molecule has 0 aromatic rings. The van der Waals surface area contributed by atoms with Gasteiger partial charge in [0, 0.05) is 13.0 Å². The van der Waals surface area contributed by atoms with Crippen LogP contribution in [0.4, 0.5) is 0 Å². The highest BCUT2D eigenvalue weighted by molar-refractivity contribution is 5.81. The second-order valence-corrected chi connectivity index (χ2v) is 6.62. The van der Waals surface area contributed by atoms with Crippen LogP contribution in [-0.2, 0) is 9.59 Å². The van der Waals surface area contributed by atoms with Gasteiger partial charge in [0.05, 0.1) is 6.04 Å². The maximum atomic E-state index is 11.8. The molecule has 5 nitrogen and oxygen atoms in total. The lowest BCUT2D eigenvalue weighted by Gasteiger charge is -2.25. The average molecular weight is 286 g/mol. The van der Waals surface area contributed by atoms with Gasteiger partial charge < -0.3 is 15.7 Å². The molecule has 0 rings (SSSR count). The molecule has 0 heterocycles. The van der Waals surface area contributed by atoms with Crippen molar-refractivity contribution in [2.45, 2.75) is 59.9 Å². The van der Waals surface area contributed by atoms with Gasteiger partial charge in [0.25, 0.3) is 0 Å². The summed E-state index contributed by atoms with van der Waals surface area (Å²) in [5.41, 5.74) is -0.0283. The topological polar surface area (TPSA) is 78.4 Å². The van der Waals surface area contributed by atoms with Gasteiger partial charge in [-0.3, -0.25) is 9.59 Å². The van der Waals surface area contributed by atoms with E-state index in [1.807, 2.05) is 6.92 Å². The van der Waals surface area contributed by atoms with E-state index in [1.165, 1.54) is 0 Å². The lowest BCUT2D eigenvalue weighted by Crippen LogP contribution is -2.44. The SMILES string of the molecule is CC(C)CNC(=O)C(C)NCCC(C)(C)CCC(=O)O. The molecule has 1 atom stereocenters. The van der Waals surface area contributed by atoms with Crippen LogP contribution in [0.15, 0.2) is 0 Å². The molecule has 0 fully saturated rings. The molecule has 3 N–H and O–H groups in total. The highest BCUT2D eigenvalue weighted by Crippen LogP contribution is 2.26. The van der Waals surface area contributed by atoms with Gasteiger partial charge in [-0.25, -0.2) is 0 Å². The lowest BCUT2D eigenvalue weighted by atomic mass is 9.84. The first-order valence-electron chi connectivity index (χ1n) is 7.37. The number of hydrogen-bond donors (Lipinski definition) is 3. The van der Waals surface area contributed by atoms with E-state index < -0.39 is 5.97 Å². The van der Waals surface area contributed by atoms with Gasteiger partial charge in [-0.1, -0.05) is 27.7 Å². The predicted molar refractivity (Wildman–Crippen MR) is 80.6 cm³/mol. The summed E-state index contributed by atoms with van der Waals surface area (Å²) in [7, 11) is 0. The molecule has 5 heteroatoms.